The maximum Gasteiger partial charge on any atom is 0.332 e. The maximum absolute atomic E-state index is 12.8. The Morgan fingerprint density at radius 3 is 2.61 bits per heavy atom. The minimum Gasteiger partial charge on any atom is -0.313 e. The van der Waals surface area contributed by atoms with Crippen LogP contribution in [0.5, 0.6) is 0 Å². The Kier molecular flexibility index (Phi) is 4.06. The second-order valence-electron chi connectivity index (χ2n) is 5.72. The van der Waals surface area contributed by atoms with Gasteiger partial charge in [0.2, 0.25) is 5.78 Å². The zero-order valence-corrected chi connectivity index (χ0v) is 14.3. The van der Waals surface area contributed by atoms with Crippen LogP contribution in [0.25, 0.3) is 16.9 Å². The van der Waals surface area contributed by atoms with Gasteiger partial charge >= 0.3 is 5.69 Å². The Balaban J connectivity index is 2.40. The molecule has 124 valence electrons. The topological polar surface area (TPSA) is 66.2 Å². The highest BCUT2D eigenvalue weighted by molar-refractivity contribution is 6.17. The van der Waals surface area contributed by atoms with Gasteiger partial charge in [0.1, 0.15) is 0 Å². The van der Waals surface area contributed by atoms with Crippen molar-refractivity contribution in [3.8, 4) is 0 Å². The van der Waals surface area contributed by atoms with E-state index in [1.807, 2.05) is 24.6 Å². The molecule has 7 nitrogen and oxygen atoms in total. The average molecular weight is 338 g/mol. The summed E-state index contributed by atoms with van der Waals surface area (Å²) < 4.78 is 6.46. The highest BCUT2D eigenvalue weighted by atomic mass is 35.5. The van der Waals surface area contributed by atoms with Crippen LogP contribution >= 0.6 is 11.6 Å². The highest BCUT2D eigenvalue weighted by Gasteiger charge is 2.19. The van der Waals surface area contributed by atoms with E-state index in [9.17, 15) is 9.59 Å². The Labute approximate surface area is 137 Å². The number of hydrogen-bond acceptors (Lipinski definition) is 3. The number of alkyl halides is 1. The van der Waals surface area contributed by atoms with E-state index < -0.39 is 0 Å². The zero-order chi connectivity index (χ0) is 16.7. The number of fused-ring (bicyclic) bond motifs is 3. The van der Waals surface area contributed by atoms with Crippen molar-refractivity contribution >= 4 is 28.5 Å². The maximum atomic E-state index is 12.8. The van der Waals surface area contributed by atoms with Crippen LogP contribution in [0.4, 0.5) is 0 Å². The van der Waals surface area contributed by atoms with Crippen LogP contribution in [0.1, 0.15) is 25.5 Å². The summed E-state index contributed by atoms with van der Waals surface area (Å²) in [5.74, 6) is 1.09. The van der Waals surface area contributed by atoms with Crippen LogP contribution in [0.15, 0.2) is 15.8 Å². The van der Waals surface area contributed by atoms with Crippen molar-refractivity contribution in [3.63, 3.8) is 0 Å². The predicted octanol–water partition coefficient (Wildman–Crippen LogP) is 1.50. The smallest absolute Gasteiger partial charge is 0.313 e. The van der Waals surface area contributed by atoms with E-state index in [0.717, 1.165) is 18.5 Å². The van der Waals surface area contributed by atoms with E-state index in [0.29, 0.717) is 35.9 Å². The molecule has 0 amide bonds. The van der Waals surface area contributed by atoms with Gasteiger partial charge < -0.3 is 4.57 Å². The SMILES string of the molecule is CCCCn1c(=O)c2c(nc3n(CCCl)c(C)cn23)n(C)c1=O. The van der Waals surface area contributed by atoms with Gasteiger partial charge in [0.05, 0.1) is 0 Å². The van der Waals surface area contributed by atoms with Gasteiger partial charge in [-0.2, -0.15) is 4.98 Å². The fraction of sp³-hybridized carbons (Fsp3) is 0.533. The van der Waals surface area contributed by atoms with Crippen molar-refractivity contribution in [3.05, 3.63) is 32.7 Å². The fourth-order valence-electron chi connectivity index (χ4n) is 2.93. The van der Waals surface area contributed by atoms with E-state index >= 15 is 0 Å². The first kappa shape index (κ1) is 15.9. The van der Waals surface area contributed by atoms with Gasteiger partial charge in [0, 0.05) is 37.9 Å². The number of halogens is 1. The zero-order valence-electron chi connectivity index (χ0n) is 13.5. The molecule has 0 atom stereocenters. The summed E-state index contributed by atoms with van der Waals surface area (Å²) in [5, 5.41) is 0. The van der Waals surface area contributed by atoms with Gasteiger partial charge in [-0.15, -0.1) is 11.6 Å². The number of hydrogen-bond donors (Lipinski definition) is 0. The van der Waals surface area contributed by atoms with Crippen LogP contribution in [-0.2, 0) is 20.1 Å². The van der Waals surface area contributed by atoms with Gasteiger partial charge in [0.15, 0.2) is 11.2 Å². The fourth-order valence-corrected chi connectivity index (χ4v) is 3.10. The lowest BCUT2D eigenvalue weighted by Gasteiger charge is -2.07. The molecule has 0 unspecified atom stereocenters. The Bertz CT molecular complexity index is 992. The van der Waals surface area contributed by atoms with Crippen molar-refractivity contribution in [2.45, 2.75) is 39.8 Å². The molecule has 0 saturated heterocycles. The lowest BCUT2D eigenvalue weighted by Crippen LogP contribution is -2.39. The molecule has 0 aliphatic heterocycles. The lowest BCUT2D eigenvalue weighted by molar-refractivity contribution is 0.566. The van der Waals surface area contributed by atoms with Crippen LogP contribution < -0.4 is 11.2 Å². The monoisotopic (exact) mass is 337 g/mol. The molecule has 3 aromatic heterocycles. The van der Waals surface area contributed by atoms with E-state index in [2.05, 4.69) is 4.98 Å². The van der Waals surface area contributed by atoms with Crippen molar-refractivity contribution in [1.82, 2.24) is 23.1 Å². The summed E-state index contributed by atoms with van der Waals surface area (Å²) >= 11 is 5.86. The third-order valence-electron chi connectivity index (χ3n) is 4.18. The second-order valence-corrected chi connectivity index (χ2v) is 6.10. The van der Waals surface area contributed by atoms with Crippen molar-refractivity contribution < 1.29 is 0 Å². The quantitative estimate of drug-likeness (QED) is 0.663. The molecule has 3 aromatic rings. The number of aryl methyl sites for hydroxylation is 3. The van der Waals surface area contributed by atoms with E-state index in [1.165, 1.54) is 9.13 Å². The van der Waals surface area contributed by atoms with E-state index in [4.69, 9.17) is 11.6 Å². The standard InChI is InChI=1S/C15H20ClN5O2/c1-4-5-7-20-13(22)11-12(18(3)15(20)23)17-14-19(8-6-16)10(2)9-21(11)14/h9H,4-8H2,1-3H3. The van der Waals surface area contributed by atoms with Crippen LogP contribution in [-0.4, -0.2) is 29.0 Å². The second kappa shape index (κ2) is 5.88. The number of imidazole rings is 2. The molecule has 0 fully saturated rings. The van der Waals surface area contributed by atoms with Gasteiger partial charge in [-0.1, -0.05) is 13.3 Å². The molecule has 0 aromatic carbocycles. The van der Waals surface area contributed by atoms with Crippen LogP contribution in [0.3, 0.4) is 0 Å². The van der Waals surface area contributed by atoms with Gasteiger partial charge in [0.25, 0.3) is 5.56 Å². The summed E-state index contributed by atoms with van der Waals surface area (Å²) in [7, 11) is 1.65. The molecule has 8 heteroatoms. The van der Waals surface area contributed by atoms with Crippen molar-refractivity contribution in [2.75, 3.05) is 5.88 Å². The Morgan fingerprint density at radius 2 is 1.96 bits per heavy atom. The summed E-state index contributed by atoms with van der Waals surface area (Å²) in [5.41, 5.74) is 1.22. The first-order valence-corrected chi connectivity index (χ1v) is 8.28. The Morgan fingerprint density at radius 1 is 1.22 bits per heavy atom. The number of rotatable bonds is 5. The molecule has 0 spiro atoms. The first-order valence-electron chi connectivity index (χ1n) is 7.75. The Hall–Kier alpha value is -2.02. The molecular weight excluding hydrogens is 318 g/mol. The lowest BCUT2D eigenvalue weighted by atomic mass is 10.3. The van der Waals surface area contributed by atoms with Crippen molar-refractivity contribution in [2.24, 2.45) is 7.05 Å². The minimum absolute atomic E-state index is 0.285. The van der Waals surface area contributed by atoms with Crippen molar-refractivity contribution in [1.29, 1.82) is 0 Å². The van der Waals surface area contributed by atoms with Crippen LogP contribution in [0, 0.1) is 6.92 Å². The van der Waals surface area contributed by atoms with E-state index in [-0.39, 0.29) is 11.2 Å². The highest BCUT2D eigenvalue weighted by Crippen LogP contribution is 2.16. The minimum atomic E-state index is -0.322. The average Bonchev–Trinajstić information content (AvgIpc) is 3.02. The predicted molar refractivity (Wildman–Crippen MR) is 90.6 cm³/mol. The number of unbranched alkanes of at least 4 members (excludes halogenated alkanes) is 1. The number of aromatic nitrogens is 5. The largest absolute Gasteiger partial charge is 0.332 e. The summed E-state index contributed by atoms with van der Waals surface area (Å²) in [6, 6.07) is 0. The molecule has 0 aliphatic carbocycles. The molecule has 0 aliphatic rings. The molecule has 0 N–H and O–H groups in total. The molecule has 0 bridgehead atoms. The molecule has 0 saturated carbocycles. The summed E-state index contributed by atoms with van der Waals surface area (Å²) in [6.45, 7) is 5.00. The first-order chi connectivity index (χ1) is 11.0. The normalized spacial score (nSPS) is 11.8. The molecule has 3 rings (SSSR count). The number of nitrogens with zero attached hydrogens (tertiary/aromatic N) is 5. The van der Waals surface area contributed by atoms with E-state index in [1.54, 1.807) is 11.4 Å². The third kappa shape index (κ3) is 2.30. The summed E-state index contributed by atoms with van der Waals surface area (Å²) in [4.78, 5) is 29.8. The molecule has 23 heavy (non-hydrogen) atoms. The molecule has 0 radical (unpaired) electrons. The third-order valence-corrected chi connectivity index (χ3v) is 4.35. The van der Waals surface area contributed by atoms with Gasteiger partial charge in [-0.05, 0) is 13.3 Å². The van der Waals surface area contributed by atoms with Gasteiger partial charge in [-0.3, -0.25) is 18.3 Å². The summed E-state index contributed by atoms with van der Waals surface area (Å²) in [6.07, 6.45) is 3.57. The molecule has 3 heterocycles. The molecular formula is C15H20ClN5O2. The van der Waals surface area contributed by atoms with Crippen LogP contribution in [0.2, 0.25) is 0 Å². The van der Waals surface area contributed by atoms with Gasteiger partial charge in [-0.25, -0.2) is 4.79 Å².